The molecule has 1 aliphatic rings. The Bertz CT molecular complexity index is 1330. The molecule has 5 rings (SSSR count). The van der Waals surface area contributed by atoms with Crippen molar-refractivity contribution in [2.75, 3.05) is 4.90 Å². The molecule has 1 saturated carbocycles. The maximum absolute atomic E-state index is 12.9. The van der Waals surface area contributed by atoms with Crippen molar-refractivity contribution in [2.45, 2.75) is 48.7 Å². The summed E-state index contributed by atoms with van der Waals surface area (Å²) in [6.45, 7) is 3.85. The monoisotopic (exact) mass is 483 g/mol. The average molecular weight is 484 g/mol. The lowest BCUT2D eigenvalue weighted by Gasteiger charge is -2.17. The number of anilines is 1. The first-order valence-corrected chi connectivity index (χ1v) is 13.0. The number of fused-ring (bicyclic) bond motifs is 1. The summed E-state index contributed by atoms with van der Waals surface area (Å²) in [6.07, 6.45) is 2.48. The molecule has 1 fully saturated rings. The van der Waals surface area contributed by atoms with E-state index in [1.54, 1.807) is 4.90 Å². The SMILES string of the molecule is CCC(=O)N(c1nnc(SC(C)c2nc3scc(-c4ccccc4)c3c(=O)[nH]2)s1)C1CC1. The summed E-state index contributed by atoms with van der Waals surface area (Å²) >= 11 is 4.37. The largest absolute Gasteiger partial charge is 0.309 e. The Morgan fingerprint density at radius 2 is 2.06 bits per heavy atom. The topological polar surface area (TPSA) is 91.8 Å². The van der Waals surface area contributed by atoms with E-state index in [9.17, 15) is 9.59 Å². The van der Waals surface area contributed by atoms with Gasteiger partial charge in [-0.2, -0.15) is 0 Å². The number of H-pyrrole nitrogens is 1. The third-order valence-electron chi connectivity index (χ3n) is 5.29. The number of hydrogen-bond donors (Lipinski definition) is 1. The van der Waals surface area contributed by atoms with Crippen molar-refractivity contribution < 1.29 is 4.79 Å². The van der Waals surface area contributed by atoms with Gasteiger partial charge in [-0.3, -0.25) is 14.5 Å². The standard InChI is InChI=1S/C22H21N5O2S3/c1-3-16(28)27(14-9-10-14)21-25-26-22(32-21)31-12(2)18-23-19(29)17-15(11-30-20(17)24-18)13-7-5-4-6-8-13/h4-8,11-12,14H,3,9-10H2,1-2H3,(H,23,24,29). The minimum absolute atomic E-state index is 0.0802. The Balaban J connectivity index is 1.39. The predicted octanol–water partition coefficient (Wildman–Crippen LogP) is 5.26. The molecule has 0 bridgehead atoms. The van der Waals surface area contributed by atoms with Crippen LogP contribution < -0.4 is 10.5 Å². The minimum atomic E-state index is -0.135. The maximum atomic E-state index is 12.9. The molecule has 0 saturated heterocycles. The van der Waals surface area contributed by atoms with Crippen LogP contribution in [0.25, 0.3) is 21.3 Å². The van der Waals surface area contributed by atoms with Gasteiger partial charge in [0.25, 0.3) is 5.56 Å². The molecule has 1 aliphatic carbocycles. The Kier molecular flexibility index (Phi) is 5.83. The number of thiophene rings is 1. The smallest absolute Gasteiger partial charge is 0.260 e. The quantitative estimate of drug-likeness (QED) is 0.285. The Morgan fingerprint density at radius 1 is 1.28 bits per heavy atom. The van der Waals surface area contributed by atoms with Gasteiger partial charge in [0.2, 0.25) is 11.0 Å². The fourth-order valence-electron chi connectivity index (χ4n) is 3.51. The molecule has 1 amide bonds. The van der Waals surface area contributed by atoms with E-state index < -0.39 is 0 Å². The summed E-state index contributed by atoms with van der Waals surface area (Å²) in [5.41, 5.74) is 1.77. The molecule has 1 N–H and O–H groups in total. The van der Waals surface area contributed by atoms with E-state index in [1.165, 1.54) is 34.4 Å². The summed E-state index contributed by atoms with van der Waals surface area (Å²) in [5.74, 6) is 0.686. The molecule has 4 aromatic rings. The lowest BCUT2D eigenvalue weighted by atomic mass is 10.1. The van der Waals surface area contributed by atoms with Gasteiger partial charge in [-0.05, 0) is 25.3 Å². The van der Waals surface area contributed by atoms with E-state index in [1.807, 2.05) is 49.6 Å². The van der Waals surface area contributed by atoms with E-state index in [-0.39, 0.29) is 22.8 Å². The number of aromatic amines is 1. The number of thioether (sulfide) groups is 1. The van der Waals surface area contributed by atoms with Crippen molar-refractivity contribution in [1.82, 2.24) is 20.2 Å². The number of aromatic nitrogens is 4. The van der Waals surface area contributed by atoms with E-state index >= 15 is 0 Å². The number of benzene rings is 1. The number of nitrogens with zero attached hydrogens (tertiary/aromatic N) is 4. The Hall–Kier alpha value is -2.56. The lowest BCUT2D eigenvalue weighted by Crippen LogP contribution is -2.32. The van der Waals surface area contributed by atoms with Gasteiger partial charge in [-0.25, -0.2) is 4.98 Å². The number of hydrogen-bond acceptors (Lipinski definition) is 8. The highest BCUT2D eigenvalue weighted by atomic mass is 32.2. The zero-order valence-corrected chi connectivity index (χ0v) is 20.0. The predicted molar refractivity (Wildman–Crippen MR) is 131 cm³/mol. The molecular formula is C22H21N5O2S3. The van der Waals surface area contributed by atoms with Gasteiger partial charge < -0.3 is 4.98 Å². The van der Waals surface area contributed by atoms with E-state index in [0.717, 1.165) is 33.1 Å². The van der Waals surface area contributed by atoms with Gasteiger partial charge in [-0.1, -0.05) is 60.4 Å². The Labute approximate surface area is 196 Å². The molecule has 10 heteroatoms. The maximum Gasteiger partial charge on any atom is 0.260 e. The number of carbonyl (C=O) groups is 1. The van der Waals surface area contributed by atoms with Gasteiger partial charge >= 0.3 is 0 Å². The van der Waals surface area contributed by atoms with Crippen LogP contribution in [0.1, 0.15) is 44.2 Å². The third-order valence-corrected chi connectivity index (χ3v) is 8.28. The van der Waals surface area contributed by atoms with Crippen LogP contribution in [0, 0.1) is 0 Å². The molecule has 1 unspecified atom stereocenters. The number of rotatable bonds is 7. The first kappa shape index (κ1) is 21.3. The van der Waals surface area contributed by atoms with Gasteiger partial charge in [0.15, 0.2) is 4.34 Å². The highest BCUT2D eigenvalue weighted by Crippen LogP contribution is 2.40. The molecule has 1 aromatic carbocycles. The van der Waals surface area contributed by atoms with Gasteiger partial charge in [-0.15, -0.1) is 21.5 Å². The van der Waals surface area contributed by atoms with Crippen LogP contribution in [0.3, 0.4) is 0 Å². The van der Waals surface area contributed by atoms with Crippen molar-refractivity contribution in [3.63, 3.8) is 0 Å². The van der Waals surface area contributed by atoms with Crippen LogP contribution in [0.15, 0.2) is 44.8 Å². The fraction of sp³-hybridized carbons (Fsp3) is 0.318. The molecule has 3 heterocycles. The molecule has 1 atom stereocenters. The molecule has 7 nitrogen and oxygen atoms in total. The normalized spacial score (nSPS) is 14.6. The zero-order chi connectivity index (χ0) is 22.2. The second-order valence-electron chi connectivity index (χ2n) is 7.61. The second kappa shape index (κ2) is 8.76. The van der Waals surface area contributed by atoms with Crippen LogP contribution in [0.2, 0.25) is 0 Å². The van der Waals surface area contributed by atoms with E-state index in [4.69, 9.17) is 4.98 Å². The first-order valence-electron chi connectivity index (χ1n) is 10.4. The number of amides is 1. The lowest BCUT2D eigenvalue weighted by molar-refractivity contribution is -0.118. The third kappa shape index (κ3) is 4.10. The van der Waals surface area contributed by atoms with Crippen molar-refractivity contribution in [3.05, 3.63) is 51.9 Å². The summed E-state index contributed by atoms with van der Waals surface area (Å²) in [6, 6.07) is 10.1. The zero-order valence-electron chi connectivity index (χ0n) is 17.6. The molecule has 32 heavy (non-hydrogen) atoms. The average Bonchev–Trinajstić information content (AvgIpc) is 3.36. The summed E-state index contributed by atoms with van der Waals surface area (Å²) < 4.78 is 0.751. The van der Waals surface area contributed by atoms with Crippen molar-refractivity contribution >= 4 is 55.7 Å². The van der Waals surface area contributed by atoms with E-state index in [2.05, 4.69) is 15.2 Å². The van der Waals surface area contributed by atoms with Gasteiger partial charge in [0.1, 0.15) is 10.7 Å². The van der Waals surface area contributed by atoms with Crippen molar-refractivity contribution in [1.29, 1.82) is 0 Å². The molecule has 0 radical (unpaired) electrons. The molecular weight excluding hydrogens is 462 g/mol. The first-order chi connectivity index (χ1) is 15.5. The highest BCUT2D eigenvalue weighted by molar-refractivity contribution is 8.01. The van der Waals surface area contributed by atoms with Crippen LogP contribution in [0.4, 0.5) is 5.13 Å². The van der Waals surface area contributed by atoms with Gasteiger partial charge in [0.05, 0.1) is 10.6 Å². The van der Waals surface area contributed by atoms with Crippen LogP contribution in [0.5, 0.6) is 0 Å². The van der Waals surface area contributed by atoms with Crippen LogP contribution in [-0.4, -0.2) is 32.1 Å². The molecule has 0 aliphatic heterocycles. The number of carbonyl (C=O) groups excluding carboxylic acids is 1. The fourth-order valence-corrected chi connectivity index (χ4v) is 6.60. The number of nitrogens with one attached hydrogen (secondary N) is 1. The summed E-state index contributed by atoms with van der Waals surface area (Å²) in [7, 11) is 0. The van der Waals surface area contributed by atoms with Crippen LogP contribution in [-0.2, 0) is 4.79 Å². The van der Waals surface area contributed by atoms with Crippen LogP contribution >= 0.6 is 34.4 Å². The second-order valence-corrected chi connectivity index (χ2v) is 11.0. The molecule has 0 spiro atoms. The van der Waals surface area contributed by atoms with Gasteiger partial charge in [0, 0.05) is 23.4 Å². The van der Waals surface area contributed by atoms with Crippen molar-refractivity contribution in [3.8, 4) is 11.1 Å². The summed E-state index contributed by atoms with van der Waals surface area (Å²) in [4.78, 5) is 35.5. The van der Waals surface area contributed by atoms with E-state index in [0.29, 0.717) is 22.8 Å². The Morgan fingerprint density at radius 3 is 2.78 bits per heavy atom. The summed E-state index contributed by atoms with van der Waals surface area (Å²) in [5, 5.41) is 11.7. The molecule has 3 aromatic heterocycles. The molecule has 164 valence electrons. The highest BCUT2D eigenvalue weighted by Gasteiger charge is 2.35. The minimum Gasteiger partial charge on any atom is -0.309 e. The van der Waals surface area contributed by atoms with Crippen molar-refractivity contribution in [2.24, 2.45) is 0 Å².